The number of carbonyl (C=O) groups excluding carboxylic acids is 2. The van der Waals surface area contributed by atoms with E-state index in [4.69, 9.17) is 9.47 Å². The van der Waals surface area contributed by atoms with E-state index in [1.807, 2.05) is 0 Å². The van der Waals surface area contributed by atoms with Crippen molar-refractivity contribution in [2.75, 3.05) is 19.1 Å². The first-order chi connectivity index (χ1) is 15.5. The highest BCUT2D eigenvalue weighted by molar-refractivity contribution is 6.51. The van der Waals surface area contributed by atoms with Crippen molar-refractivity contribution in [2.24, 2.45) is 0 Å². The second-order valence-corrected chi connectivity index (χ2v) is 7.09. The third-order valence-electron chi connectivity index (χ3n) is 5.33. The smallest absolute Gasteiger partial charge is 0.300 e. The zero-order valence-corrected chi connectivity index (χ0v) is 17.4. The van der Waals surface area contributed by atoms with Gasteiger partial charge >= 0.3 is 0 Å². The summed E-state index contributed by atoms with van der Waals surface area (Å²) in [5.41, 5.74) is 0.761. The van der Waals surface area contributed by atoms with Crippen LogP contribution in [-0.4, -0.2) is 31.0 Å². The van der Waals surface area contributed by atoms with Crippen molar-refractivity contribution >= 4 is 23.1 Å². The number of anilines is 1. The van der Waals surface area contributed by atoms with Crippen LogP contribution < -0.4 is 14.4 Å². The molecule has 7 heteroatoms. The van der Waals surface area contributed by atoms with Gasteiger partial charge in [0.05, 0.1) is 31.4 Å². The molecule has 1 atom stereocenters. The Bertz CT molecular complexity index is 1240. The maximum Gasteiger partial charge on any atom is 0.300 e. The first kappa shape index (κ1) is 21.1. The van der Waals surface area contributed by atoms with Crippen LogP contribution >= 0.6 is 0 Å². The number of hydrogen-bond donors (Lipinski definition) is 1. The number of rotatable bonds is 5. The predicted molar refractivity (Wildman–Crippen MR) is 117 cm³/mol. The lowest BCUT2D eigenvalue weighted by Crippen LogP contribution is -2.29. The Labute approximate surface area is 184 Å². The number of ketones is 1. The van der Waals surface area contributed by atoms with Crippen molar-refractivity contribution in [3.8, 4) is 11.5 Å². The quantitative estimate of drug-likeness (QED) is 0.365. The molecule has 0 aromatic heterocycles. The van der Waals surface area contributed by atoms with E-state index in [-0.39, 0.29) is 16.8 Å². The standard InChI is InChI=1S/C25H20FNO5/c1-31-19-12-5-3-10-17(19)22-21(23(28)18-11-4-6-13-20(18)32-2)24(29)25(30)27(22)16-9-7-8-15(26)14-16/h3-14,22,28H,1-2H3/b23-21+. The van der Waals surface area contributed by atoms with Gasteiger partial charge in [0.25, 0.3) is 11.7 Å². The minimum Gasteiger partial charge on any atom is -0.507 e. The molecule has 162 valence electrons. The summed E-state index contributed by atoms with van der Waals surface area (Å²) >= 11 is 0. The highest BCUT2D eigenvalue weighted by atomic mass is 19.1. The summed E-state index contributed by atoms with van der Waals surface area (Å²) in [6, 6.07) is 17.8. The summed E-state index contributed by atoms with van der Waals surface area (Å²) in [6.45, 7) is 0. The Morgan fingerprint density at radius 1 is 0.906 bits per heavy atom. The van der Waals surface area contributed by atoms with E-state index in [1.165, 1.54) is 37.3 Å². The Hall–Kier alpha value is -4.13. The summed E-state index contributed by atoms with van der Waals surface area (Å²) in [5.74, 6) is -1.99. The molecule has 1 fully saturated rings. The van der Waals surface area contributed by atoms with Crippen molar-refractivity contribution in [1.29, 1.82) is 0 Å². The van der Waals surface area contributed by atoms with Crippen LogP contribution in [0.1, 0.15) is 17.2 Å². The van der Waals surface area contributed by atoms with Crippen molar-refractivity contribution in [3.63, 3.8) is 0 Å². The van der Waals surface area contributed by atoms with Gasteiger partial charge in [-0.15, -0.1) is 0 Å². The van der Waals surface area contributed by atoms with E-state index in [9.17, 15) is 19.1 Å². The molecule has 0 saturated carbocycles. The van der Waals surface area contributed by atoms with Gasteiger partial charge in [0, 0.05) is 11.3 Å². The largest absolute Gasteiger partial charge is 0.507 e. The van der Waals surface area contributed by atoms with Crippen molar-refractivity contribution in [3.05, 3.63) is 95.3 Å². The molecule has 1 amide bonds. The highest BCUT2D eigenvalue weighted by Gasteiger charge is 2.48. The molecule has 1 saturated heterocycles. The predicted octanol–water partition coefficient (Wildman–Crippen LogP) is 4.47. The van der Waals surface area contributed by atoms with Crippen LogP contribution in [0.2, 0.25) is 0 Å². The molecule has 1 unspecified atom stereocenters. The molecule has 0 bridgehead atoms. The fraction of sp³-hybridized carbons (Fsp3) is 0.120. The number of hydrogen-bond acceptors (Lipinski definition) is 5. The minimum absolute atomic E-state index is 0.145. The molecular weight excluding hydrogens is 413 g/mol. The Kier molecular flexibility index (Phi) is 5.64. The van der Waals surface area contributed by atoms with Crippen LogP contribution in [0.15, 0.2) is 78.4 Å². The number of para-hydroxylation sites is 2. The number of Topliss-reactive ketones (excluding diaryl/α,β-unsaturated/α-hetero) is 1. The molecule has 6 nitrogen and oxygen atoms in total. The molecule has 32 heavy (non-hydrogen) atoms. The molecule has 3 aromatic rings. The van der Waals surface area contributed by atoms with Crippen LogP contribution in [-0.2, 0) is 9.59 Å². The first-order valence-electron chi connectivity index (χ1n) is 9.80. The molecule has 0 radical (unpaired) electrons. The van der Waals surface area contributed by atoms with Gasteiger partial charge in [0.2, 0.25) is 0 Å². The highest BCUT2D eigenvalue weighted by Crippen LogP contribution is 2.45. The van der Waals surface area contributed by atoms with Gasteiger partial charge in [-0.25, -0.2) is 4.39 Å². The topological polar surface area (TPSA) is 76.1 Å². The Morgan fingerprint density at radius 3 is 2.25 bits per heavy atom. The first-order valence-corrected chi connectivity index (χ1v) is 9.80. The molecular formula is C25H20FNO5. The van der Waals surface area contributed by atoms with Gasteiger partial charge in [0.1, 0.15) is 23.1 Å². The van der Waals surface area contributed by atoms with Gasteiger partial charge < -0.3 is 14.6 Å². The summed E-state index contributed by atoms with van der Waals surface area (Å²) in [6.07, 6.45) is 0. The van der Waals surface area contributed by atoms with Crippen LogP contribution in [0.25, 0.3) is 5.76 Å². The lowest BCUT2D eigenvalue weighted by atomic mass is 9.94. The number of methoxy groups -OCH3 is 2. The van der Waals surface area contributed by atoms with Gasteiger partial charge in [-0.05, 0) is 36.4 Å². The van der Waals surface area contributed by atoms with E-state index >= 15 is 0 Å². The van der Waals surface area contributed by atoms with Crippen LogP contribution in [0.3, 0.4) is 0 Å². The van der Waals surface area contributed by atoms with Crippen molar-refractivity contribution in [2.45, 2.75) is 6.04 Å². The molecule has 1 N–H and O–H groups in total. The maximum atomic E-state index is 14.0. The van der Waals surface area contributed by atoms with Crippen LogP contribution in [0.5, 0.6) is 11.5 Å². The SMILES string of the molecule is COc1ccccc1/C(O)=C1\C(=O)C(=O)N(c2cccc(F)c2)C1c1ccccc1OC. The molecule has 4 rings (SSSR count). The molecule has 0 spiro atoms. The van der Waals surface area contributed by atoms with E-state index < -0.39 is 29.3 Å². The average molecular weight is 433 g/mol. The van der Waals surface area contributed by atoms with E-state index in [1.54, 1.807) is 48.5 Å². The molecule has 1 heterocycles. The molecule has 1 aliphatic heterocycles. The van der Waals surface area contributed by atoms with Crippen molar-refractivity contribution in [1.82, 2.24) is 0 Å². The second kappa shape index (κ2) is 8.55. The number of benzene rings is 3. The lowest BCUT2D eigenvalue weighted by Gasteiger charge is -2.26. The zero-order chi connectivity index (χ0) is 22.8. The van der Waals surface area contributed by atoms with E-state index in [2.05, 4.69) is 0 Å². The summed E-state index contributed by atoms with van der Waals surface area (Å²) in [7, 11) is 2.91. The zero-order valence-electron chi connectivity index (χ0n) is 17.4. The fourth-order valence-electron chi connectivity index (χ4n) is 3.90. The minimum atomic E-state index is -1.04. The third kappa shape index (κ3) is 3.47. The van der Waals surface area contributed by atoms with Gasteiger partial charge in [0.15, 0.2) is 0 Å². The Morgan fingerprint density at radius 2 is 1.56 bits per heavy atom. The second-order valence-electron chi connectivity index (χ2n) is 7.09. The average Bonchev–Trinajstić information content (AvgIpc) is 3.08. The van der Waals surface area contributed by atoms with Crippen molar-refractivity contribution < 1.29 is 28.6 Å². The van der Waals surface area contributed by atoms with Gasteiger partial charge in [-0.2, -0.15) is 0 Å². The maximum absolute atomic E-state index is 14.0. The number of aliphatic hydroxyl groups excluding tert-OH is 1. The monoisotopic (exact) mass is 433 g/mol. The summed E-state index contributed by atoms with van der Waals surface area (Å²) in [5, 5.41) is 11.2. The summed E-state index contributed by atoms with van der Waals surface area (Å²) in [4.78, 5) is 27.5. The lowest BCUT2D eigenvalue weighted by molar-refractivity contribution is -0.132. The normalized spacial score (nSPS) is 17.5. The van der Waals surface area contributed by atoms with Crippen LogP contribution in [0.4, 0.5) is 10.1 Å². The molecule has 0 aliphatic carbocycles. The number of aliphatic hydroxyl groups is 1. The number of halogens is 1. The fourth-order valence-corrected chi connectivity index (χ4v) is 3.90. The Balaban J connectivity index is 2.02. The van der Waals surface area contributed by atoms with Gasteiger partial charge in [-0.1, -0.05) is 36.4 Å². The number of nitrogens with zero attached hydrogens (tertiary/aromatic N) is 1. The van der Waals surface area contributed by atoms with E-state index in [0.29, 0.717) is 17.1 Å². The summed E-state index contributed by atoms with van der Waals surface area (Å²) < 4.78 is 24.8. The number of amides is 1. The molecule has 1 aliphatic rings. The molecule has 3 aromatic carbocycles. The van der Waals surface area contributed by atoms with E-state index in [0.717, 1.165) is 6.07 Å². The number of ether oxygens (including phenoxy) is 2. The van der Waals surface area contributed by atoms with Gasteiger partial charge in [-0.3, -0.25) is 14.5 Å². The number of carbonyl (C=O) groups is 2. The third-order valence-corrected chi connectivity index (χ3v) is 5.33. The van der Waals surface area contributed by atoms with Crippen LogP contribution in [0, 0.1) is 5.82 Å².